The van der Waals surface area contributed by atoms with E-state index >= 15 is 0 Å². The first-order chi connectivity index (χ1) is 10.4. The molecule has 0 saturated heterocycles. The van der Waals surface area contributed by atoms with Gasteiger partial charge in [-0.2, -0.15) is 0 Å². The number of nitrogens with two attached hydrogens (primary N) is 1. The standard InChI is InChI=1S/C16H24N2O3S.ClH/c1-22(20,21)11-10-14(17)16(19)18-15-9-5-8-13(15)12-6-3-2-4-7-12;/h2-4,6-7,13-15H,5,8-11,17H2,1H3,(H,18,19);1H. The van der Waals surface area contributed by atoms with Crippen molar-refractivity contribution in [3.05, 3.63) is 35.9 Å². The summed E-state index contributed by atoms with van der Waals surface area (Å²) in [7, 11) is -3.09. The lowest BCUT2D eigenvalue weighted by molar-refractivity contribution is -0.123. The van der Waals surface area contributed by atoms with E-state index < -0.39 is 15.9 Å². The minimum absolute atomic E-state index is 0. The fourth-order valence-corrected chi connectivity index (χ4v) is 3.68. The van der Waals surface area contributed by atoms with Crippen molar-refractivity contribution in [1.29, 1.82) is 0 Å². The summed E-state index contributed by atoms with van der Waals surface area (Å²) in [5.41, 5.74) is 7.04. The second-order valence-electron chi connectivity index (χ2n) is 6.09. The number of hydrogen-bond donors (Lipinski definition) is 2. The third-order valence-corrected chi connectivity index (χ3v) is 5.19. The Bertz CT molecular complexity index is 607. The summed E-state index contributed by atoms with van der Waals surface area (Å²) in [5, 5.41) is 3.00. The molecule has 7 heteroatoms. The lowest BCUT2D eigenvalue weighted by atomic mass is 9.94. The quantitative estimate of drug-likeness (QED) is 0.806. The minimum Gasteiger partial charge on any atom is -0.351 e. The molecule has 3 atom stereocenters. The third-order valence-electron chi connectivity index (χ3n) is 4.21. The highest BCUT2D eigenvalue weighted by Gasteiger charge is 2.30. The number of carbonyl (C=O) groups is 1. The van der Waals surface area contributed by atoms with Gasteiger partial charge in [0.2, 0.25) is 5.91 Å². The smallest absolute Gasteiger partial charge is 0.237 e. The van der Waals surface area contributed by atoms with Gasteiger partial charge in [0.25, 0.3) is 0 Å². The van der Waals surface area contributed by atoms with E-state index in [1.165, 1.54) is 5.56 Å². The molecule has 130 valence electrons. The molecule has 1 saturated carbocycles. The van der Waals surface area contributed by atoms with Gasteiger partial charge in [0, 0.05) is 18.2 Å². The average Bonchev–Trinajstić information content (AvgIpc) is 2.93. The number of rotatable bonds is 6. The topological polar surface area (TPSA) is 89.3 Å². The molecule has 0 heterocycles. The van der Waals surface area contributed by atoms with Crippen molar-refractivity contribution in [2.24, 2.45) is 5.73 Å². The SMILES string of the molecule is CS(=O)(=O)CCC(N)C(=O)NC1CCCC1c1ccccc1.Cl. The summed E-state index contributed by atoms with van der Waals surface area (Å²) in [6.45, 7) is 0. The summed E-state index contributed by atoms with van der Waals surface area (Å²) in [5.74, 6) is -0.00213. The van der Waals surface area contributed by atoms with Crippen LogP contribution < -0.4 is 11.1 Å². The molecule has 3 N–H and O–H groups in total. The van der Waals surface area contributed by atoms with Crippen molar-refractivity contribution in [2.75, 3.05) is 12.0 Å². The van der Waals surface area contributed by atoms with Gasteiger partial charge in [-0.05, 0) is 24.8 Å². The van der Waals surface area contributed by atoms with E-state index in [2.05, 4.69) is 17.4 Å². The van der Waals surface area contributed by atoms with E-state index in [1.54, 1.807) is 0 Å². The number of hydrogen-bond acceptors (Lipinski definition) is 4. The lowest BCUT2D eigenvalue weighted by Gasteiger charge is -2.23. The molecule has 23 heavy (non-hydrogen) atoms. The van der Waals surface area contributed by atoms with Crippen molar-refractivity contribution in [3.63, 3.8) is 0 Å². The largest absolute Gasteiger partial charge is 0.351 e. The Hall–Kier alpha value is -1.11. The molecule has 1 aliphatic rings. The van der Waals surface area contributed by atoms with Crippen LogP contribution in [0.1, 0.15) is 37.2 Å². The molecule has 0 aromatic heterocycles. The molecule has 0 radical (unpaired) electrons. The van der Waals surface area contributed by atoms with Gasteiger partial charge in [-0.3, -0.25) is 4.79 Å². The van der Waals surface area contributed by atoms with E-state index in [0.29, 0.717) is 5.92 Å². The van der Waals surface area contributed by atoms with Gasteiger partial charge in [-0.1, -0.05) is 36.8 Å². The number of sulfone groups is 1. The predicted molar refractivity (Wildman–Crippen MR) is 94.5 cm³/mol. The zero-order valence-electron chi connectivity index (χ0n) is 13.3. The predicted octanol–water partition coefficient (Wildman–Crippen LogP) is 1.62. The monoisotopic (exact) mass is 360 g/mol. The molecular formula is C16H25ClN2O3S. The van der Waals surface area contributed by atoms with Crippen molar-refractivity contribution in [2.45, 2.75) is 43.7 Å². The van der Waals surface area contributed by atoms with Crippen LogP contribution in [0.5, 0.6) is 0 Å². The maximum atomic E-state index is 12.2. The number of nitrogens with one attached hydrogen (secondary N) is 1. The number of halogens is 1. The maximum Gasteiger partial charge on any atom is 0.237 e. The summed E-state index contributed by atoms with van der Waals surface area (Å²) < 4.78 is 22.3. The zero-order chi connectivity index (χ0) is 16.2. The summed E-state index contributed by atoms with van der Waals surface area (Å²) >= 11 is 0. The van der Waals surface area contributed by atoms with E-state index in [4.69, 9.17) is 5.73 Å². The molecular weight excluding hydrogens is 336 g/mol. The molecule has 1 fully saturated rings. The Kier molecular flexibility index (Phi) is 7.51. The third kappa shape index (κ3) is 6.12. The first-order valence-corrected chi connectivity index (χ1v) is 9.71. The Labute approximate surface area is 144 Å². The summed E-state index contributed by atoms with van der Waals surface area (Å²) in [6, 6.07) is 9.46. The van der Waals surface area contributed by atoms with Crippen LogP contribution >= 0.6 is 12.4 Å². The molecule has 0 bridgehead atoms. The van der Waals surface area contributed by atoms with Crippen LogP contribution in [0.25, 0.3) is 0 Å². The van der Waals surface area contributed by atoms with Crippen LogP contribution in [0, 0.1) is 0 Å². The second kappa shape index (κ2) is 8.66. The second-order valence-corrected chi connectivity index (χ2v) is 8.35. The fraction of sp³-hybridized carbons (Fsp3) is 0.562. The minimum atomic E-state index is -3.09. The highest BCUT2D eigenvalue weighted by Crippen LogP contribution is 2.34. The molecule has 1 aromatic carbocycles. The first-order valence-electron chi connectivity index (χ1n) is 7.65. The summed E-state index contributed by atoms with van der Waals surface area (Å²) in [6.07, 6.45) is 4.37. The van der Waals surface area contributed by atoms with E-state index in [-0.39, 0.29) is 36.5 Å². The van der Waals surface area contributed by atoms with Gasteiger partial charge in [0.1, 0.15) is 9.84 Å². The van der Waals surface area contributed by atoms with Crippen molar-refractivity contribution in [1.82, 2.24) is 5.32 Å². The molecule has 1 amide bonds. The highest BCUT2D eigenvalue weighted by atomic mass is 35.5. The molecule has 0 spiro atoms. The Morgan fingerprint density at radius 1 is 1.30 bits per heavy atom. The molecule has 0 aliphatic heterocycles. The summed E-state index contributed by atoms with van der Waals surface area (Å²) in [4.78, 5) is 12.2. The normalized spacial score (nSPS) is 22.2. The zero-order valence-corrected chi connectivity index (χ0v) is 14.9. The average molecular weight is 361 g/mol. The van der Waals surface area contributed by atoms with E-state index in [1.807, 2.05) is 18.2 Å². The molecule has 5 nitrogen and oxygen atoms in total. The highest BCUT2D eigenvalue weighted by molar-refractivity contribution is 7.90. The van der Waals surface area contributed by atoms with Crippen LogP contribution in [0.3, 0.4) is 0 Å². The van der Waals surface area contributed by atoms with Gasteiger partial charge in [-0.15, -0.1) is 12.4 Å². The Morgan fingerprint density at radius 3 is 2.57 bits per heavy atom. The fourth-order valence-electron chi connectivity index (χ4n) is 2.99. The van der Waals surface area contributed by atoms with Crippen LogP contribution in [-0.2, 0) is 14.6 Å². The molecule has 3 unspecified atom stereocenters. The van der Waals surface area contributed by atoms with E-state index in [0.717, 1.165) is 25.5 Å². The van der Waals surface area contributed by atoms with E-state index in [9.17, 15) is 13.2 Å². The van der Waals surface area contributed by atoms with Gasteiger partial charge in [0.05, 0.1) is 11.8 Å². The van der Waals surface area contributed by atoms with Crippen molar-refractivity contribution < 1.29 is 13.2 Å². The lowest BCUT2D eigenvalue weighted by Crippen LogP contribution is -2.46. The van der Waals surface area contributed by atoms with Gasteiger partial charge in [0.15, 0.2) is 0 Å². The van der Waals surface area contributed by atoms with Gasteiger partial charge in [-0.25, -0.2) is 8.42 Å². The van der Waals surface area contributed by atoms with Crippen molar-refractivity contribution >= 4 is 28.2 Å². The molecule has 1 aromatic rings. The first kappa shape index (κ1) is 19.9. The maximum absolute atomic E-state index is 12.2. The van der Waals surface area contributed by atoms with Crippen LogP contribution in [-0.4, -0.2) is 38.4 Å². The van der Waals surface area contributed by atoms with Crippen LogP contribution in [0.2, 0.25) is 0 Å². The Balaban J connectivity index is 0.00000264. The molecule has 2 rings (SSSR count). The van der Waals surface area contributed by atoms with Crippen LogP contribution in [0.4, 0.5) is 0 Å². The number of carbonyl (C=O) groups excluding carboxylic acids is 1. The van der Waals surface area contributed by atoms with Crippen LogP contribution in [0.15, 0.2) is 30.3 Å². The molecule has 1 aliphatic carbocycles. The van der Waals surface area contributed by atoms with Crippen molar-refractivity contribution in [3.8, 4) is 0 Å². The number of amides is 1. The van der Waals surface area contributed by atoms with Gasteiger partial charge >= 0.3 is 0 Å². The Morgan fingerprint density at radius 2 is 1.96 bits per heavy atom. The number of benzene rings is 1. The van der Waals surface area contributed by atoms with Gasteiger partial charge < -0.3 is 11.1 Å².